The molecule has 17 heavy (non-hydrogen) atoms. The Morgan fingerprint density at radius 2 is 2.12 bits per heavy atom. The molecule has 0 heterocycles. The van der Waals surface area contributed by atoms with Crippen molar-refractivity contribution in [3.05, 3.63) is 23.5 Å². The van der Waals surface area contributed by atoms with Crippen LogP contribution in [0.1, 0.15) is 25.8 Å². The van der Waals surface area contributed by atoms with Crippen LogP contribution in [0.15, 0.2) is 12.1 Å². The van der Waals surface area contributed by atoms with Crippen LogP contribution in [0.5, 0.6) is 5.75 Å². The summed E-state index contributed by atoms with van der Waals surface area (Å²) in [6.07, 6.45) is 0.548. The van der Waals surface area contributed by atoms with Gasteiger partial charge in [-0.25, -0.2) is 4.39 Å². The summed E-state index contributed by atoms with van der Waals surface area (Å²) in [5.74, 6) is -0.284. The zero-order valence-electron chi connectivity index (χ0n) is 10.4. The van der Waals surface area contributed by atoms with Crippen LogP contribution in [0, 0.1) is 29.5 Å². The van der Waals surface area contributed by atoms with Crippen molar-refractivity contribution < 1.29 is 9.13 Å². The number of benzene rings is 1. The molecule has 0 aliphatic heterocycles. The lowest BCUT2D eigenvalue weighted by Crippen LogP contribution is -2.13. The van der Waals surface area contributed by atoms with Crippen molar-refractivity contribution in [3.8, 4) is 11.8 Å². The molecule has 0 saturated carbocycles. The van der Waals surface area contributed by atoms with Gasteiger partial charge in [-0.05, 0) is 38.8 Å². The summed E-state index contributed by atoms with van der Waals surface area (Å²) in [4.78, 5) is 0. The third-order valence-electron chi connectivity index (χ3n) is 2.61. The number of ether oxygens (including phenoxy) is 1. The number of nitrogens with two attached hydrogens (primary N) is 1. The molecule has 0 radical (unpaired) electrons. The minimum atomic E-state index is -0.470. The molecule has 0 atom stereocenters. The average molecular weight is 236 g/mol. The highest BCUT2D eigenvalue weighted by atomic mass is 19.1. The van der Waals surface area contributed by atoms with E-state index < -0.39 is 11.2 Å². The molecule has 0 aliphatic rings. The fraction of sp³-hybridized carbons (Fsp3) is 0.462. The van der Waals surface area contributed by atoms with Gasteiger partial charge in [0.25, 0.3) is 0 Å². The number of anilines is 1. The van der Waals surface area contributed by atoms with Crippen molar-refractivity contribution in [2.75, 3.05) is 12.3 Å². The topological polar surface area (TPSA) is 59.0 Å². The fourth-order valence-corrected chi connectivity index (χ4v) is 1.25. The fourth-order valence-electron chi connectivity index (χ4n) is 1.25. The summed E-state index contributed by atoms with van der Waals surface area (Å²) in [6, 6.07) is 4.99. The Hall–Kier alpha value is -1.76. The number of halogens is 1. The lowest BCUT2D eigenvalue weighted by atomic mass is 9.92. The van der Waals surface area contributed by atoms with E-state index in [1.807, 2.05) is 13.8 Å². The van der Waals surface area contributed by atoms with E-state index >= 15 is 0 Å². The third kappa shape index (κ3) is 3.63. The Balaban J connectivity index is 2.65. The van der Waals surface area contributed by atoms with E-state index in [2.05, 4.69) is 6.07 Å². The average Bonchev–Trinajstić information content (AvgIpc) is 2.25. The van der Waals surface area contributed by atoms with E-state index in [0.717, 1.165) is 5.56 Å². The molecule has 0 unspecified atom stereocenters. The van der Waals surface area contributed by atoms with Gasteiger partial charge in [-0.15, -0.1) is 0 Å². The Labute approximate surface area is 101 Å². The summed E-state index contributed by atoms with van der Waals surface area (Å²) in [5.41, 5.74) is 6.30. The lowest BCUT2D eigenvalue weighted by Gasteiger charge is -2.16. The maximum atomic E-state index is 13.5. The minimum absolute atomic E-state index is 0.186. The zero-order valence-corrected chi connectivity index (χ0v) is 10.4. The van der Waals surface area contributed by atoms with Gasteiger partial charge in [0.1, 0.15) is 0 Å². The van der Waals surface area contributed by atoms with Gasteiger partial charge in [0.05, 0.1) is 18.1 Å². The number of nitriles is 1. The molecule has 0 aliphatic carbocycles. The van der Waals surface area contributed by atoms with Gasteiger partial charge in [0.15, 0.2) is 11.6 Å². The van der Waals surface area contributed by atoms with Gasteiger partial charge in [0, 0.05) is 11.8 Å². The summed E-state index contributed by atoms with van der Waals surface area (Å²) < 4.78 is 18.8. The van der Waals surface area contributed by atoms with Crippen LogP contribution in [0.3, 0.4) is 0 Å². The molecule has 0 saturated heterocycles. The highest BCUT2D eigenvalue weighted by Gasteiger charge is 2.17. The molecule has 0 aromatic heterocycles. The number of rotatable bonds is 4. The number of aryl methyl sites for hydroxylation is 1. The second-order valence-corrected chi connectivity index (χ2v) is 4.73. The number of hydrogen-bond donors (Lipinski definition) is 1. The molecular formula is C13H17FN2O. The molecule has 1 aromatic rings. The standard InChI is InChI=1S/C13H17FN2O/c1-9-6-12(10(14)7-11(9)16)17-5-4-13(2,3)8-15/h6-7H,4-5,16H2,1-3H3. The molecule has 0 fully saturated rings. The van der Waals surface area contributed by atoms with Crippen LogP contribution in [-0.2, 0) is 0 Å². The van der Waals surface area contributed by atoms with E-state index in [1.165, 1.54) is 6.07 Å². The van der Waals surface area contributed by atoms with Crippen LogP contribution in [0.25, 0.3) is 0 Å². The van der Waals surface area contributed by atoms with E-state index in [-0.39, 0.29) is 5.75 Å². The SMILES string of the molecule is Cc1cc(OCCC(C)(C)C#N)c(F)cc1N. The molecule has 1 aromatic carbocycles. The first-order chi connectivity index (χ1) is 7.85. The van der Waals surface area contributed by atoms with Crippen molar-refractivity contribution in [1.29, 1.82) is 5.26 Å². The van der Waals surface area contributed by atoms with E-state index in [4.69, 9.17) is 15.7 Å². The van der Waals surface area contributed by atoms with Crippen molar-refractivity contribution in [3.63, 3.8) is 0 Å². The lowest BCUT2D eigenvalue weighted by molar-refractivity contribution is 0.254. The molecule has 2 N–H and O–H groups in total. The van der Waals surface area contributed by atoms with Crippen LogP contribution in [0.4, 0.5) is 10.1 Å². The van der Waals surface area contributed by atoms with Crippen molar-refractivity contribution in [2.45, 2.75) is 27.2 Å². The first-order valence-electron chi connectivity index (χ1n) is 5.45. The van der Waals surface area contributed by atoms with Crippen molar-refractivity contribution in [1.82, 2.24) is 0 Å². The van der Waals surface area contributed by atoms with E-state index in [0.29, 0.717) is 18.7 Å². The van der Waals surface area contributed by atoms with Gasteiger partial charge < -0.3 is 10.5 Å². The Morgan fingerprint density at radius 1 is 1.47 bits per heavy atom. The Kier molecular flexibility index (Phi) is 3.95. The van der Waals surface area contributed by atoms with E-state index in [1.54, 1.807) is 13.0 Å². The first-order valence-corrected chi connectivity index (χ1v) is 5.45. The maximum Gasteiger partial charge on any atom is 0.167 e. The second kappa shape index (κ2) is 5.05. The molecule has 0 amide bonds. The summed E-state index contributed by atoms with van der Waals surface area (Å²) in [7, 11) is 0. The third-order valence-corrected chi connectivity index (χ3v) is 2.61. The second-order valence-electron chi connectivity index (χ2n) is 4.73. The molecule has 1 rings (SSSR count). The smallest absolute Gasteiger partial charge is 0.167 e. The van der Waals surface area contributed by atoms with E-state index in [9.17, 15) is 4.39 Å². The van der Waals surface area contributed by atoms with Crippen LogP contribution in [0.2, 0.25) is 0 Å². The molecule has 92 valence electrons. The number of nitrogen functional groups attached to an aromatic ring is 1. The summed E-state index contributed by atoms with van der Waals surface area (Å²) in [5, 5.41) is 8.83. The van der Waals surface area contributed by atoms with Crippen molar-refractivity contribution >= 4 is 5.69 Å². The largest absolute Gasteiger partial charge is 0.490 e. The molecule has 3 nitrogen and oxygen atoms in total. The Bertz CT molecular complexity index is 449. The molecule has 0 bridgehead atoms. The predicted molar refractivity (Wildman–Crippen MR) is 65.1 cm³/mol. The molecular weight excluding hydrogens is 219 g/mol. The first kappa shape index (κ1) is 13.3. The highest BCUT2D eigenvalue weighted by Crippen LogP contribution is 2.25. The molecule has 4 heteroatoms. The maximum absolute atomic E-state index is 13.5. The number of hydrogen-bond acceptors (Lipinski definition) is 3. The quantitative estimate of drug-likeness (QED) is 0.817. The summed E-state index contributed by atoms with van der Waals surface area (Å²) in [6.45, 7) is 5.74. The van der Waals surface area contributed by atoms with Gasteiger partial charge in [0.2, 0.25) is 0 Å². The van der Waals surface area contributed by atoms with Gasteiger partial charge in [-0.1, -0.05) is 0 Å². The van der Waals surface area contributed by atoms with Gasteiger partial charge in [-0.3, -0.25) is 0 Å². The summed E-state index contributed by atoms with van der Waals surface area (Å²) >= 11 is 0. The van der Waals surface area contributed by atoms with Gasteiger partial charge in [-0.2, -0.15) is 5.26 Å². The van der Waals surface area contributed by atoms with Crippen LogP contribution < -0.4 is 10.5 Å². The monoisotopic (exact) mass is 236 g/mol. The number of nitrogens with zero attached hydrogens (tertiary/aromatic N) is 1. The zero-order chi connectivity index (χ0) is 13.1. The highest BCUT2D eigenvalue weighted by molar-refractivity contribution is 5.50. The van der Waals surface area contributed by atoms with Crippen LogP contribution >= 0.6 is 0 Å². The minimum Gasteiger partial charge on any atom is -0.490 e. The van der Waals surface area contributed by atoms with Crippen molar-refractivity contribution in [2.24, 2.45) is 5.41 Å². The van der Waals surface area contributed by atoms with Gasteiger partial charge >= 0.3 is 0 Å². The molecule has 0 spiro atoms. The van der Waals surface area contributed by atoms with Crippen LogP contribution in [-0.4, -0.2) is 6.61 Å². The Morgan fingerprint density at radius 3 is 2.71 bits per heavy atom. The normalized spacial score (nSPS) is 11.0. The predicted octanol–water partition coefficient (Wildman–Crippen LogP) is 3.04.